The van der Waals surface area contributed by atoms with Crippen molar-refractivity contribution in [2.75, 3.05) is 0 Å². The fourth-order valence-electron chi connectivity index (χ4n) is 12.3. The molecule has 0 aromatic heterocycles. The van der Waals surface area contributed by atoms with Crippen LogP contribution in [0, 0.1) is 0 Å². The molecule has 0 nitrogen and oxygen atoms in total. The van der Waals surface area contributed by atoms with Gasteiger partial charge in [-0.1, -0.05) is 133 Å². The molecule has 16 aromatic rings. The van der Waals surface area contributed by atoms with E-state index in [2.05, 4.69) is 133 Å². The summed E-state index contributed by atoms with van der Waals surface area (Å²) < 4.78 is 0. The Kier molecular flexibility index (Phi) is 3.50. The zero-order valence-corrected chi connectivity index (χ0v) is 27.7. The second-order valence-electron chi connectivity index (χ2n) is 15.7. The van der Waals surface area contributed by atoms with E-state index in [1.54, 1.807) is 0 Å². The lowest BCUT2D eigenvalue weighted by Gasteiger charge is -2.29. The monoisotopic (exact) mass is 646 g/mol. The van der Waals surface area contributed by atoms with Crippen molar-refractivity contribution in [2.45, 2.75) is 0 Å². The first-order valence-electron chi connectivity index (χ1n) is 18.5. The van der Waals surface area contributed by atoms with Crippen LogP contribution < -0.4 is 0 Å². The minimum Gasteiger partial charge on any atom is -0.0610 e. The third-order valence-corrected chi connectivity index (χ3v) is 13.8. The van der Waals surface area contributed by atoms with Gasteiger partial charge < -0.3 is 0 Å². The molecule has 0 N–H and O–H groups in total. The quantitative estimate of drug-likeness (QED) is 0.114. The van der Waals surface area contributed by atoms with Crippen molar-refractivity contribution in [3.05, 3.63) is 133 Å². The van der Waals surface area contributed by atoms with Crippen molar-refractivity contribution < 1.29 is 0 Å². The highest BCUT2D eigenvalue weighted by Crippen LogP contribution is 2.60. The molecule has 0 heterocycles. The third kappa shape index (κ3) is 2.20. The SMILES string of the molecule is c1cc2ccc3c4cccc5c4c4c6c7c(cccc7c7c8cccc9c%10ccc%11cccc%12c%13cccc%14c%13c(c%10c%11%12)c(c98)c(c%145)c74)c(c1)c2c36. The molecular weight excluding hydrogens is 625 g/mol. The highest BCUT2D eigenvalue weighted by atomic mass is 14.3. The van der Waals surface area contributed by atoms with Crippen LogP contribution in [0.25, 0.3) is 162 Å². The lowest BCUT2D eigenvalue weighted by molar-refractivity contribution is 1.81. The van der Waals surface area contributed by atoms with Gasteiger partial charge in [-0.3, -0.25) is 0 Å². The van der Waals surface area contributed by atoms with Gasteiger partial charge in [-0.25, -0.2) is 0 Å². The van der Waals surface area contributed by atoms with E-state index in [9.17, 15) is 0 Å². The molecule has 52 heavy (non-hydrogen) atoms. The first kappa shape index (κ1) is 24.4. The fraction of sp³-hybridized carbons (Fsp3) is 0. The molecule has 0 unspecified atom stereocenters. The maximum absolute atomic E-state index is 2.44. The Balaban J connectivity index is 1.42. The topological polar surface area (TPSA) is 0 Å². The summed E-state index contributed by atoms with van der Waals surface area (Å²) in [4.78, 5) is 0. The van der Waals surface area contributed by atoms with Gasteiger partial charge in [-0.15, -0.1) is 0 Å². The lowest BCUT2D eigenvalue weighted by atomic mass is 9.73. The third-order valence-electron chi connectivity index (χ3n) is 13.8. The van der Waals surface area contributed by atoms with Crippen LogP contribution in [0.2, 0.25) is 0 Å². The molecule has 0 fully saturated rings. The molecule has 0 radical (unpaired) electrons. The second kappa shape index (κ2) is 7.47. The van der Waals surface area contributed by atoms with Crippen LogP contribution in [0.4, 0.5) is 0 Å². The minimum absolute atomic E-state index is 1.33. The maximum Gasteiger partial charge on any atom is -0.0000469 e. The molecule has 0 amide bonds. The smallest absolute Gasteiger partial charge is 0.0000469 e. The van der Waals surface area contributed by atoms with Gasteiger partial charge in [-0.05, 0) is 162 Å². The van der Waals surface area contributed by atoms with Gasteiger partial charge in [0.05, 0.1) is 0 Å². The average Bonchev–Trinajstić information content (AvgIpc) is 3.20. The molecule has 0 aliphatic heterocycles. The van der Waals surface area contributed by atoms with E-state index in [0.717, 1.165) is 0 Å². The Morgan fingerprint density at radius 2 is 0.365 bits per heavy atom. The van der Waals surface area contributed by atoms with Gasteiger partial charge in [-0.2, -0.15) is 0 Å². The maximum atomic E-state index is 2.44. The highest BCUT2D eigenvalue weighted by molar-refractivity contribution is 6.62. The minimum atomic E-state index is 1.33. The van der Waals surface area contributed by atoms with Crippen LogP contribution >= 0.6 is 0 Å². The van der Waals surface area contributed by atoms with Crippen molar-refractivity contribution >= 4 is 162 Å². The van der Waals surface area contributed by atoms with E-state index >= 15 is 0 Å². The van der Waals surface area contributed by atoms with Crippen molar-refractivity contribution in [3.63, 3.8) is 0 Å². The summed E-state index contributed by atoms with van der Waals surface area (Å²) in [6.45, 7) is 0. The molecule has 0 spiro atoms. The Hall–Kier alpha value is -6.76. The van der Waals surface area contributed by atoms with Crippen LogP contribution in [0.1, 0.15) is 0 Å². The highest BCUT2D eigenvalue weighted by Gasteiger charge is 2.31. The van der Waals surface area contributed by atoms with Gasteiger partial charge >= 0.3 is 0 Å². The Labute approximate surface area is 294 Å². The predicted octanol–water partition coefficient (Wildman–Crippen LogP) is 15.0. The number of fused-ring (bicyclic) bond motifs is 8. The van der Waals surface area contributed by atoms with Crippen LogP contribution in [0.5, 0.6) is 0 Å². The van der Waals surface area contributed by atoms with Crippen LogP contribution in [0.15, 0.2) is 133 Å². The summed E-state index contributed by atoms with van der Waals surface area (Å²) in [7, 11) is 0. The van der Waals surface area contributed by atoms with Crippen molar-refractivity contribution in [1.29, 1.82) is 0 Å². The normalized spacial score (nSPS) is 13.8. The molecule has 16 aromatic carbocycles. The van der Waals surface area contributed by atoms with Crippen LogP contribution in [0.3, 0.4) is 0 Å². The Morgan fingerprint density at radius 1 is 0.135 bits per heavy atom. The fourth-order valence-corrected chi connectivity index (χ4v) is 12.3. The standard InChI is InChI=1S/C52H22/c1-7-23-19-21-31-29-13-5-18-36-41(29)49-47-39-27(25(9-1)37(23)45(31)47)11-3-15-33(39)43-35-17-6-14-30-32-22-20-24-8-2-10-26-28-12-4-16-34-40(28)48(46(32)38(24)26)50(42(30)35)52(44(34)36)51(43)49/h1-22H. The zero-order valence-electron chi connectivity index (χ0n) is 27.7. The molecule has 0 atom stereocenters. The summed E-state index contributed by atoms with van der Waals surface area (Å²) in [6.07, 6.45) is 0. The van der Waals surface area contributed by atoms with Gasteiger partial charge in [0, 0.05) is 0 Å². The Bertz CT molecular complexity index is 3960. The van der Waals surface area contributed by atoms with E-state index in [4.69, 9.17) is 0 Å². The number of benzene rings is 16. The van der Waals surface area contributed by atoms with Crippen molar-refractivity contribution in [3.8, 4) is 0 Å². The molecule has 0 saturated heterocycles. The van der Waals surface area contributed by atoms with E-state index in [0.29, 0.717) is 0 Å². The largest absolute Gasteiger partial charge is 0.0610 e. The van der Waals surface area contributed by atoms with Crippen molar-refractivity contribution in [2.24, 2.45) is 0 Å². The van der Waals surface area contributed by atoms with E-state index < -0.39 is 0 Å². The van der Waals surface area contributed by atoms with Gasteiger partial charge in [0.2, 0.25) is 0 Å². The van der Waals surface area contributed by atoms with Gasteiger partial charge in [0.15, 0.2) is 0 Å². The van der Waals surface area contributed by atoms with Gasteiger partial charge in [0.1, 0.15) is 0 Å². The zero-order chi connectivity index (χ0) is 32.9. The predicted molar refractivity (Wildman–Crippen MR) is 227 cm³/mol. The number of hydrogen-bond donors (Lipinski definition) is 0. The average molecular weight is 647 g/mol. The molecule has 0 bridgehead atoms. The summed E-state index contributed by atoms with van der Waals surface area (Å²) >= 11 is 0. The van der Waals surface area contributed by atoms with Crippen LogP contribution in [-0.2, 0) is 0 Å². The molecule has 0 saturated carbocycles. The first-order chi connectivity index (χ1) is 25.9. The van der Waals surface area contributed by atoms with E-state index in [1.807, 2.05) is 0 Å². The summed E-state index contributed by atoms with van der Waals surface area (Å²) in [5.41, 5.74) is 0. The van der Waals surface area contributed by atoms with Crippen LogP contribution in [-0.4, -0.2) is 0 Å². The summed E-state index contributed by atoms with van der Waals surface area (Å²) in [5, 5.41) is 42.0. The molecular formula is C52H22. The lowest BCUT2D eigenvalue weighted by Crippen LogP contribution is -2.00. The van der Waals surface area contributed by atoms with Crippen molar-refractivity contribution in [1.82, 2.24) is 0 Å². The molecule has 0 heteroatoms. The second-order valence-corrected chi connectivity index (χ2v) is 15.7. The molecule has 230 valence electrons. The first-order valence-corrected chi connectivity index (χ1v) is 18.5. The number of hydrogen-bond acceptors (Lipinski definition) is 0. The van der Waals surface area contributed by atoms with E-state index in [1.165, 1.54) is 162 Å². The summed E-state index contributed by atoms with van der Waals surface area (Å²) in [5.74, 6) is 0. The van der Waals surface area contributed by atoms with E-state index in [-0.39, 0.29) is 0 Å². The number of rotatable bonds is 0. The molecule has 0 aliphatic carbocycles. The van der Waals surface area contributed by atoms with Gasteiger partial charge in [0.25, 0.3) is 0 Å². The Morgan fingerprint density at radius 3 is 0.712 bits per heavy atom. The summed E-state index contributed by atoms with van der Waals surface area (Å²) in [6, 6.07) is 52.0. The molecule has 0 aliphatic rings. The molecule has 16 rings (SSSR count).